The number of urea groups is 1. The van der Waals surface area contributed by atoms with Crippen molar-refractivity contribution in [1.82, 2.24) is 5.32 Å². The summed E-state index contributed by atoms with van der Waals surface area (Å²) in [7, 11) is 1.64. The highest BCUT2D eigenvalue weighted by molar-refractivity contribution is 6.02. The Morgan fingerprint density at radius 3 is 2.52 bits per heavy atom. The normalized spacial score (nSPS) is 12.9. The van der Waals surface area contributed by atoms with Gasteiger partial charge in [0.15, 0.2) is 0 Å². The number of carbonyl (C=O) groups excluding carboxylic acids is 2. The Bertz CT molecular complexity index is 1110. The first-order chi connectivity index (χ1) is 16.2. The number of para-hydroxylation sites is 2. The van der Waals surface area contributed by atoms with E-state index >= 15 is 0 Å². The molecule has 6 heteroatoms. The van der Waals surface area contributed by atoms with Crippen LogP contribution in [-0.2, 0) is 12.8 Å². The molecule has 33 heavy (non-hydrogen) atoms. The van der Waals surface area contributed by atoms with Crippen molar-refractivity contribution in [3.63, 3.8) is 0 Å². The van der Waals surface area contributed by atoms with Crippen LogP contribution in [0.2, 0.25) is 0 Å². The van der Waals surface area contributed by atoms with Crippen molar-refractivity contribution in [3.05, 3.63) is 89.5 Å². The van der Waals surface area contributed by atoms with Gasteiger partial charge in [-0.15, -0.1) is 0 Å². The van der Waals surface area contributed by atoms with Crippen LogP contribution in [0.3, 0.4) is 0 Å². The lowest BCUT2D eigenvalue weighted by molar-refractivity contribution is 0.0954. The van der Waals surface area contributed by atoms with E-state index in [4.69, 9.17) is 4.74 Å². The molecule has 3 aromatic rings. The Labute approximate surface area is 194 Å². The molecular weight excluding hydrogens is 414 g/mol. The van der Waals surface area contributed by atoms with Gasteiger partial charge in [0.2, 0.25) is 0 Å². The van der Waals surface area contributed by atoms with E-state index < -0.39 is 0 Å². The van der Waals surface area contributed by atoms with Gasteiger partial charge in [0.05, 0.1) is 7.11 Å². The number of aryl methyl sites for hydroxylation is 1. The summed E-state index contributed by atoms with van der Waals surface area (Å²) in [5, 5.41) is 5.90. The molecule has 3 amide bonds. The number of hydrogen-bond acceptors (Lipinski definition) is 3. The van der Waals surface area contributed by atoms with Crippen LogP contribution in [0.4, 0.5) is 16.2 Å². The summed E-state index contributed by atoms with van der Waals surface area (Å²) < 4.78 is 5.35. The lowest BCUT2D eigenvalue weighted by atomic mass is 10.1. The van der Waals surface area contributed by atoms with E-state index in [-0.39, 0.29) is 11.9 Å². The molecule has 0 saturated heterocycles. The number of amides is 3. The fourth-order valence-corrected chi connectivity index (χ4v) is 4.12. The van der Waals surface area contributed by atoms with Gasteiger partial charge < -0.3 is 15.4 Å². The Hall–Kier alpha value is -3.80. The molecule has 0 aromatic heterocycles. The molecule has 3 aromatic carbocycles. The molecule has 0 spiro atoms. The quantitative estimate of drug-likeness (QED) is 0.561. The van der Waals surface area contributed by atoms with Gasteiger partial charge in [0, 0.05) is 30.0 Å². The molecular formula is C27H29N3O3. The highest BCUT2D eigenvalue weighted by Gasteiger charge is 2.21. The van der Waals surface area contributed by atoms with Crippen LogP contribution in [-0.4, -0.2) is 32.1 Å². The van der Waals surface area contributed by atoms with Gasteiger partial charge in [-0.1, -0.05) is 36.4 Å². The molecule has 0 fully saturated rings. The third-order valence-electron chi connectivity index (χ3n) is 5.88. The Morgan fingerprint density at radius 1 is 0.939 bits per heavy atom. The van der Waals surface area contributed by atoms with Crippen molar-refractivity contribution in [3.8, 4) is 5.75 Å². The third-order valence-corrected chi connectivity index (χ3v) is 5.88. The molecule has 4 rings (SSSR count). The first-order valence-corrected chi connectivity index (χ1v) is 11.3. The first kappa shape index (κ1) is 22.4. The number of methoxy groups -OCH3 is 1. The molecule has 0 radical (unpaired) electrons. The highest BCUT2D eigenvalue weighted by Crippen LogP contribution is 2.27. The van der Waals surface area contributed by atoms with E-state index in [1.165, 1.54) is 5.56 Å². The standard InChI is InChI=1S/C27H29N3O3/c1-33-25-12-5-3-10-21(25)17-18-28-26(31)22-13-15-23(16-14-22)29-27(32)30-19-7-6-9-20-8-2-4-11-24(20)30/h2-5,8,10-16H,6-7,9,17-19H2,1H3,(H,28,31)(H,29,32). The maximum atomic E-state index is 13.0. The SMILES string of the molecule is COc1ccccc1CCNC(=O)c1ccc(NC(=O)N2CCCCc3ccccc32)cc1. The second-order valence-corrected chi connectivity index (χ2v) is 8.06. The van der Waals surface area contributed by atoms with Crippen molar-refractivity contribution in [1.29, 1.82) is 0 Å². The van der Waals surface area contributed by atoms with Crippen LogP contribution in [0.25, 0.3) is 0 Å². The molecule has 0 unspecified atom stereocenters. The third kappa shape index (κ3) is 5.52. The summed E-state index contributed by atoms with van der Waals surface area (Å²) in [4.78, 5) is 27.3. The number of nitrogens with zero attached hydrogens (tertiary/aromatic N) is 1. The fourth-order valence-electron chi connectivity index (χ4n) is 4.12. The second kappa shape index (κ2) is 10.7. The van der Waals surface area contributed by atoms with Crippen molar-refractivity contribution in [2.45, 2.75) is 25.7 Å². The molecule has 1 aliphatic heterocycles. The van der Waals surface area contributed by atoms with Crippen LogP contribution in [0.15, 0.2) is 72.8 Å². The van der Waals surface area contributed by atoms with Crippen LogP contribution >= 0.6 is 0 Å². The summed E-state index contributed by atoms with van der Waals surface area (Å²) >= 11 is 0. The molecule has 0 aliphatic carbocycles. The molecule has 0 saturated carbocycles. The smallest absolute Gasteiger partial charge is 0.326 e. The van der Waals surface area contributed by atoms with E-state index in [2.05, 4.69) is 16.7 Å². The van der Waals surface area contributed by atoms with Crippen LogP contribution in [0, 0.1) is 0 Å². The topological polar surface area (TPSA) is 70.7 Å². The first-order valence-electron chi connectivity index (χ1n) is 11.3. The van der Waals surface area contributed by atoms with Gasteiger partial charge in [-0.2, -0.15) is 0 Å². The average Bonchev–Trinajstić information content (AvgIpc) is 3.07. The second-order valence-electron chi connectivity index (χ2n) is 8.06. The predicted octanol–water partition coefficient (Wildman–Crippen LogP) is 5.04. The van der Waals surface area contributed by atoms with Gasteiger partial charge in [0.25, 0.3) is 5.91 Å². The van der Waals surface area contributed by atoms with E-state index in [0.29, 0.717) is 30.8 Å². The maximum absolute atomic E-state index is 13.0. The van der Waals surface area contributed by atoms with Crippen molar-refractivity contribution in [2.24, 2.45) is 0 Å². The van der Waals surface area contributed by atoms with E-state index in [9.17, 15) is 9.59 Å². The van der Waals surface area contributed by atoms with Gasteiger partial charge >= 0.3 is 6.03 Å². The molecule has 170 valence electrons. The minimum absolute atomic E-state index is 0.149. The number of rotatable bonds is 6. The largest absolute Gasteiger partial charge is 0.496 e. The molecule has 6 nitrogen and oxygen atoms in total. The lowest BCUT2D eigenvalue weighted by Crippen LogP contribution is -2.35. The number of fused-ring (bicyclic) bond motifs is 1. The van der Waals surface area contributed by atoms with Gasteiger partial charge in [-0.3, -0.25) is 9.69 Å². The summed E-state index contributed by atoms with van der Waals surface area (Å²) in [5.41, 5.74) is 4.43. The number of nitrogens with one attached hydrogen (secondary N) is 2. The fraction of sp³-hybridized carbons (Fsp3) is 0.259. The number of carbonyl (C=O) groups is 2. The number of benzene rings is 3. The van der Waals surface area contributed by atoms with Crippen molar-refractivity contribution < 1.29 is 14.3 Å². The number of anilines is 2. The summed E-state index contributed by atoms with van der Waals surface area (Å²) in [6.45, 7) is 1.20. The highest BCUT2D eigenvalue weighted by atomic mass is 16.5. The zero-order chi connectivity index (χ0) is 23.0. The molecule has 1 aliphatic rings. The predicted molar refractivity (Wildman–Crippen MR) is 131 cm³/mol. The Morgan fingerprint density at radius 2 is 1.70 bits per heavy atom. The van der Waals surface area contributed by atoms with E-state index in [0.717, 1.165) is 36.3 Å². The average molecular weight is 444 g/mol. The summed E-state index contributed by atoms with van der Waals surface area (Å²) in [6, 6.07) is 22.7. The van der Waals surface area contributed by atoms with Crippen molar-refractivity contribution in [2.75, 3.05) is 30.4 Å². The zero-order valence-corrected chi connectivity index (χ0v) is 18.8. The summed E-state index contributed by atoms with van der Waals surface area (Å²) in [5.74, 6) is 0.670. The monoisotopic (exact) mass is 443 g/mol. The minimum atomic E-state index is -0.154. The maximum Gasteiger partial charge on any atom is 0.326 e. The van der Waals surface area contributed by atoms with E-state index in [1.54, 1.807) is 36.3 Å². The Balaban J connectivity index is 1.33. The lowest BCUT2D eigenvalue weighted by Gasteiger charge is -2.23. The minimum Gasteiger partial charge on any atom is -0.496 e. The molecule has 0 atom stereocenters. The summed E-state index contributed by atoms with van der Waals surface area (Å²) in [6.07, 6.45) is 3.71. The van der Waals surface area contributed by atoms with E-state index in [1.807, 2.05) is 42.5 Å². The molecule has 1 heterocycles. The molecule has 0 bridgehead atoms. The van der Waals surface area contributed by atoms with Crippen LogP contribution < -0.4 is 20.3 Å². The van der Waals surface area contributed by atoms with Gasteiger partial charge in [-0.05, 0) is 73.2 Å². The van der Waals surface area contributed by atoms with Crippen LogP contribution in [0.5, 0.6) is 5.75 Å². The number of ether oxygens (including phenoxy) is 1. The van der Waals surface area contributed by atoms with Gasteiger partial charge in [-0.25, -0.2) is 4.79 Å². The van der Waals surface area contributed by atoms with Gasteiger partial charge in [0.1, 0.15) is 5.75 Å². The Kier molecular flexibility index (Phi) is 7.25. The van der Waals surface area contributed by atoms with Crippen LogP contribution in [0.1, 0.15) is 34.3 Å². The number of hydrogen-bond donors (Lipinski definition) is 2. The zero-order valence-electron chi connectivity index (χ0n) is 18.8. The molecule has 2 N–H and O–H groups in total. The van der Waals surface area contributed by atoms with Crippen molar-refractivity contribution >= 4 is 23.3 Å².